The van der Waals surface area contributed by atoms with Crippen LogP contribution in [0, 0.1) is 5.92 Å². The number of hydrogen-bond donors (Lipinski definition) is 2. The van der Waals surface area contributed by atoms with Gasteiger partial charge in [-0.2, -0.15) is 0 Å². The lowest BCUT2D eigenvalue weighted by Crippen LogP contribution is -2.23. The van der Waals surface area contributed by atoms with Gasteiger partial charge in [0, 0.05) is 31.4 Å². The number of aromatic amines is 1. The van der Waals surface area contributed by atoms with Gasteiger partial charge in [-0.15, -0.1) is 0 Å². The van der Waals surface area contributed by atoms with Crippen molar-refractivity contribution in [3.8, 4) is 0 Å². The fourth-order valence-corrected chi connectivity index (χ4v) is 3.45. The molecule has 6 nitrogen and oxygen atoms in total. The molecule has 0 bridgehead atoms. The standard InChI is InChI=1S/C19H21N5O/c25-16(11-21-15-4-2-1-3-5-15)10-14-7-9-24(12-14)19-17-6-8-20-18(17)22-13-23-19/h1-6,8,13-14,21H,7,9-12H2,(H,20,22,23)/t14-/m1/s1. The van der Waals surface area contributed by atoms with E-state index in [1.54, 1.807) is 6.33 Å². The van der Waals surface area contributed by atoms with Crippen LogP contribution in [0.3, 0.4) is 0 Å². The zero-order valence-electron chi connectivity index (χ0n) is 14.0. The molecule has 1 aliphatic rings. The number of hydrogen-bond acceptors (Lipinski definition) is 5. The highest BCUT2D eigenvalue weighted by molar-refractivity contribution is 5.87. The number of anilines is 2. The van der Waals surface area contributed by atoms with Gasteiger partial charge in [-0.25, -0.2) is 9.97 Å². The molecule has 2 N–H and O–H groups in total. The van der Waals surface area contributed by atoms with E-state index in [0.29, 0.717) is 18.9 Å². The number of carbonyl (C=O) groups excluding carboxylic acids is 1. The third kappa shape index (κ3) is 3.47. The van der Waals surface area contributed by atoms with Crippen LogP contribution in [0.15, 0.2) is 48.9 Å². The second kappa shape index (κ2) is 6.93. The highest BCUT2D eigenvalue weighted by atomic mass is 16.1. The number of para-hydroxylation sites is 1. The van der Waals surface area contributed by atoms with E-state index in [1.807, 2.05) is 42.6 Å². The summed E-state index contributed by atoms with van der Waals surface area (Å²) < 4.78 is 0. The second-order valence-corrected chi connectivity index (χ2v) is 6.50. The minimum absolute atomic E-state index is 0.255. The molecule has 0 unspecified atom stereocenters. The summed E-state index contributed by atoms with van der Waals surface area (Å²) in [7, 11) is 0. The summed E-state index contributed by atoms with van der Waals surface area (Å²) in [6.07, 6.45) is 5.11. The number of Topliss-reactive ketones (excluding diaryl/α,β-unsaturated/α-hetero) is 1. The predicted molar refractivity (Wildman–Crippen MR) is 98.8 cm³/mol. The van der Waals surface area contributed by atoms with E-state index in [-0.39, 0.29) is 5.78 Å². The minimum atomic E-state index is 0.255. The number of rotatable bonds is 6. The Kier molecular flexibility index (Phi) is 4.33. The first-order valence-corrected chi connectivity index (χ1v) is 8.63. The Morgan fingerprint density at radius 3 is 3.00 bits per heavy atom. The van der Waals surface area contributed by atoms with Crippen LogP contribution in [-0.2, 0) is 4.79 Å². The van der Waals surface area contributed by atoms with Gasteiger partial charge in [0.25, 0.3) is 0 Å². The number of carbonyl (C=O) groups is 1. The Balaban J connectivity index is 1.33. The average molecular weight is 335 g/mol. The number of aromatic nitrogens is 3. The maximum absolute atomic E-state index is 12.3. The van der Waals surface area contributed by atoms with E-state index in [4.69, 9.17) is 0 Å². The van der Waals surface area contributed by atoms with Gasteiger partial charge < -0.3 is 15.2 Å². The maximum atomic E-state index is 12.3. The molecular formula is C19H21N5O. The third-order valence-electron chi connectivity index (χ3n) is 4.70. The van der Waals surface area contributed by atoms with Crippen molar-refractivity contribution in [1.82, 2.24) is 15.0 Å². The van der Waals surface area contributed by atoms with Crippen molar-refractivity contribution in [3.63, 3.8) is 0 Å². The molecule has 1 fully saturated rings. The molecule has 0 saturated carbocycles. The minimum Gasteiger partial charge on any atom is -0.378 e. The Hall–Kier alpha value is -2.89. The van der Waals surface area contributed by atoms with Gasteiger partial charge in [-0.1, -0.05) is 18.2 Å². The molecule has 1 aliphatic heterocycles. The van der Waals surface area contributed by atoms with Gasteiger partial charge in [0.05, 0.1) is 11.9 Å². The molecule has 2 aromatic heterocycles. The average Bonchev–Trinajstić information content (AvgIpc) is 3.30. The van der Waals surface area contributed by atoms with Crippen molar-refractivity contribution in [2.75, 3.05) is 29.9 Å². The fourth-order valence-electron chi connectivity index (χ4n) is 3.45. The van der Waals surface area contributed by atoms with Crippen LogP contribution in [0.4, 0.5) is 11.5 Å². The Bertz CT molecular complexity index is 860. The van der Waals surface area contributed by atoms with Crippen molar-refractivity contribution in [1.29, 1.82) is 0 Å². The molecule has 0 spiro atoms. The van der Waals surface area contributed by atoms with Gasteiger partial charge >= 0.3 is 0 Å². The number of H-pyrrole nitrogens is 1. The summed E-state index contributed by atoms with van der Waals surface area (Å²) in [5.41, 5.74) is 1.84. The highest BCUT2D eigenvalue weighted by Gasteiger charge is 2.26. The SMILES string of the molecule is O=C(CNc1ccccc1)C[C@H]1CCN(c2ncnc3[nH]ccc23)C1. The summed E-state index contributed by atoms with van der Waals surface area (Å²) in [5.74, 6) is 1.60. The Morgan fingerprint density at radius 1 is 1.24 bits per heavy atom. The van der Waals surface area contributed by atoms with E-state index in [9.17, 15) is 4.79 Å². The van der Waals surface area contributed by atoms with Crippen molar-refractivity contribution in [2.45, 2.75) is 12.8 Å². The first kappa shape index (κ1) is 15.6. The normalized spacial score (nSPS) is 17.1. The quantitative estimate of drug-likeness (QED) is 0.724. The molecule has 128 valence electrons. The third-order valence-corrected chi connectivity index (χ3v) is 4.70. The molecule has 3 aromatic rings. The zero-order valence-corrected chi connectivity index (χ0v) is 14.0. The maximum Gasteiger partial charge on any atom is 0.152 e. The van der Waals surface area contributed by atoms with Crippen LogP contribution in [0.5, 0.6) is 0 Å². The first-order chi connectivity index (χ1) is 12.3. The lowest BCUT2D eigenvalue weighted by Gasteiger charge is -2.18. The summed E-state index contributed by atoms with van der Waals surface area (Å²) in [5, 5.41) is 4.24. The number of fused-ring (bicyclic) bond motifs is 1. The molecule has 4 rings (SSSR count). The topological polar surface area (TPSA) is 73.9 Å². The summed E-state index contributed by atoms with van der Waals surface area (Å²) >= 11 is 0. The molecule has 25 heavy (non-hydrogen) atoms. The second-order valence-electron chi connectivity index (χ2n) is 6.50. The molecular weight excluding hydrogens is 314 g/mol. The predicted octanol–water partition coefficient (Wildman–Crippen LogP) is 2.86. The summed E-state index contributed by atoms with van der Waals surface area (Å²) in [6, 6.07) is 11.8. The molecule has 0 radical (unpaired) electrons. The largest absolute Gasteiger partial charge is 0.378 e. The van der Waals surface area contributed by atoms with Gasteiger partial charge in [-0.3, -0.25) is 4.79 Å². The molecule has 1 atom stereocenters. The molecule has 6 heteroatoms. The van der Waals surface area contributed by atoms with E-state index in [0.717, 1.165) is 42.0 Å². The van der Waals surface area contributed by atoms with Crippen molar-refractivity contribution in [3.05, 3.63) is 48.9 Å². The van der Waals surface area contributed by atoms with Gasteiger partial charge in [0.15, 0.2) is 5.78 Å². The zero-order chi connectivity index (χ0) is 17.1. The van der Waals surface area contributed by atoms with Crippen LogP contribution < -0.4 is 10.2 Å². The number of benzene rings is 1. The van der Waals surface area contributed by atoms with Crippen LogP contribution in [0.1, 0.15) is 12.8 Å². The molecule has 1 aromatic carbocycles. The van der Waals surface area contributed by atoms with Crippen molar-refractivity contribution < 1.29 is 4.79 Å². The van der Waals surface area contributed by atoms with E-state index < -0.39 is 0 Å². The van der Waals surface area contributed by atoms with E-state index in [1.165, 1.54) is 0 Å². The number of ketones is 1. The van der Waals surface area contributed by atoms with Gasteiger partial charge in [-0.05, 0) is 30.5 Å². The molecule has 0 amide bonds. The van der Waals surface area contributed by atoms with E-state index in [2.05, 4.69) is 25.2 Å². The van der Waals surface area contributed by atoms with Crippen molar-refractivity contribution >= 4 is 28.3 Å². The van der Waals surface area contributed by atoms with Crippen LogP contribution in [-0.4, -0.2) is 40.4 Å². The molecule has 1 saturated heterocycles. The summed E-state index contributed by atoms with van der Waals surface area (Å²) in [6.45, 7) is 2.19. The smallest absolute Gasteiger partial charge is 0.152 e. The number of nitrogens with one attached hydrogen (secondary N) is 2. The molecule has 0 aliphatic carbocycles. The Morgan fingerprint density at radius 2 is 2.12 bits per heavy atom. The molecule has 3 heterocycles. The lowest BCUT2D eigenvalue weighted by molar-refractivity contribution is -0.118. The van der Waals surface area contributed by atoms with Gasteiger partial charge in [0.2, 0.25) is 0 Å². The highest BCUT2D eigenvalue weighted by Crippen LogP contribution is 2.28. The first-order valence-electron chi connectivity index (χ1n) is 8.63. The van der Waals surface area contributed by atoms with E-state index >= 15 is 0 Å². The van der Waals surface area contributed by atoms with Crippen LogP contribution >= 0.6 is 0 Å². The van der Waals surface area contributed by atoms with Crippen molar-refractivity contribution in [2.24, 2.45) is 5.92 Å². The van der Waals surface area contributed by atoms with Gasteiger partial charge in [0.1, 0.15) is 17.8 Å². The monoisotopic (exact) mass is 335 g/mol. The fraction of sp³-hybridized carbons (Fsp3) is 0.316. The lowest BCUT2D eigenvalue weighted by atomic mass is 10.0. The summed E-state index contributed by atoms with van der Waals surface area (Å²) in [4.78, 5) is 26.3. The number of nitrogens with zero attached hydrogens (tertiary/aromatic N) is 3. The van der Waals surface area contributed by atoms with Crippen LogP contribution in [0.2, 0.25) is 0 Å². The Labute approximate surface area is 146 Å². The van der Waals surface area contributed by atoms with Crippen LogP contribution in [0.25, 0.3) is 11.0 Å².